The van der Waals surface area contributed by atoms with Crippen LogP contribution >= 0.6 is 23.2 Å². The lowest BCUT2D eigenvalue weighted by Crippen LogP contribution is -2.14. The molecule has 4 heteroatoms. The molecule has 0 aliphatic carbocycles. The number of carbonyl (C=O) groups is 1. The molecule has 1 atom stereocenters. The first-order valence-corrected chi connectivity index (χ1v) is 5.62. The van der Waals surface area contributed by atoms with E-state index in [1.165, 1.54) is 0 Å². The number of nitrogens with one attached hydrogen (secondary N) is 1. The van der Waals surface area contributed by atoms with Crippen molar-refractivity contribution >= 4 is 29.1 Å². The van der Waals surface area contributed by atoms with E-state index in [4.69, 9.17) is 23.2 Å². The van der Waals surface area contributed by atoms with Crippen LogP contribution in [0.15, 0.2) is 18.2 Å². The third-order valence-electron chi connectivity index (χ3n) is 2.62. The molecule has 1 aromatic rings. The van der Waals surface area contributed by atoms with E-state index in [0.717, 1.165) is 18.5 Å². The van der Waals surface area contributed by atoms with Crippen molar-refractivity contribution < 1.29 is 4.79 Å². The highest BCUT2D eigenvalue weighted by atomic mass is 35.5. The van der Waals surface area contributed by atoms with Gasteiger partial charge in [-0.1, -0.05) is 29.3 Å². The van der Waals surface area contributed by atoms with Crippen LogP contribution in [-0.2, 0) is 11.2 Å². The minimum absolute atomic E-state index is 0.114. The van der Waals surface area contributed by atoms with Gasteiger partial charge in [-0.2, -0.15) is 0 Å². The van der Waals surface area contributed by atoms with Crippen LogP contribution in [-0.4, -0.2) is 12.5 Å². The monoisotopic (exact) mass is 243 g/mol. The quantitative estimate of drug-likeness (QED) is 0.851. The van der Waals surface area contributed by atoms with Crippen LogP contribution in [0.2, 0.25) is 10.0 Å². The maximum atomic E-state index is 11.0. The van der Waals surface area contributed by atoms with E-state index in [1.54, 1.807) is 0 Å². The van der Waals surface area contributed by atoms with Crippen LogP contribution in [0.25, 0.3) is 0 Å². The molecule has 15 heavy (non-hydrogen) atoms. The van der Waals surface area contributed by atoms with Gasteiger partial charge in [-0.25, -0.2) is 0 Å². The summed E-state index contributed by atoms with van der Waals surface area (Å²) in [7, 11) is 0. The Bertz CT molecular complexity index is 372. The standard InChI is InChI=1S/C11H11Cl2NO/c12-9-2-1-3-10(13)8(9)4-7-5-11(15)14-6-7/h1-3,7H,4-6H2,(H,14,15). The zero-order valence-corrected chi connectivity index (χ0v) is 9.61. The predicted octanol–water partition coefficient (Wildman–Crippen LogP) is 2.67. The van der Waals surface area contributed by atoms with E-state index in [2.05, 4.69) is 5.32 Å². The summed E-state index contributed by atoms with van der Waals surface area (Å²) < 4.78 is 0. The van der Waals surface area contributed by atoms with Crippen molar-refractivity contribution in [1.82, 2.24) is 5.32 Å². The molecule has 1 amide bonds. The Kier molecular flexibility index (Phi) is 3.17. The van der Waals surface area contributed by atoms with Crippen molar-refractivity contribution in [2.24, 2.45) is 5.92 Å². The van der Waals surface area contributed by atoms with Crippen LogP contribution < -0.4 is 5.32 Å². The summed E-state index contributed by atoms with van der Waals surface area (Å²) in [5.41, 5.74) is 0.947. The largest absolute Gasteiger partial charge is 0.356 e. The molecule has 0 spiro atoms. The number of carbonyl (C=O) groups excluding carboxylic acids is 1. The number of halogens is 2. The molecule has 1 unspecified atom stereocenters. The number of amides is 1. The Hall–Kier alpha value is -0.730. The van der Waals surface area contributed by atoms with Gasteiger partial charge < -0.3 is 5.32 Å². The number of benzene rings is 1. The topological polar surface area (TPSA) is 29.1 Å². The van der Waals surface area contributed by atoms with Crippen LogP contribution in [0.5, 0.6) is 0 Å². The van der Waals surface area contributed by atoms with Crippen LogP contribution in [0.1, 0.15) is 12.0 Å². The average molecular weight is 244 g/mol. The van der Waals surface area contributed by atoms with E-state index < -0.39 is 0 Å². The molecule has 1 fully saturated rings. The van der Waals surface area contributed by atoms with Crippen LogP contribution in [0, 0.1) is 5.92 Å². The van der Waals surface area contributed by atoms with Crippen molar-refractivity contribution in [3.63, 3.8) is 0 Å². The first-order chi connectivity index (χ1) is 7.16. The summed E-state index contributed by atoms with van der Waals surface area (Å²) in [6.07, 6.45) is 1.33. The lowest BCUT2D eigenvalue weighted by atomic mass is 9.98. The minimum Gasteiger partial charge on any atom is -0.356 e. The predicted molar refractivity (Wildman–Crippen MR) is 61.3 cm³/mol. The molecule has 1 saturated heterocycles. The molecule has 2 nitrogen and oxygen atoms in total. The summed E-state index contributed by atoms with van der Waals surface area (Å²) in [4.78, 5) is 11.0. The molecule has 2 rings (SSSR count). The third kappa shape index (κ3) is 2.44. The highest BCUT2D eigenvalue weighted by Gasteiger charge is 2.23. The zero-order chi connectivity index (χ0) is 10.8. The van der Waals surface area contributed by atoms with Gasteiger partial charge in [0.25, 0.3) is 0 Å². The Labute approximate surface area is 98.6 Å². The summed E-state index contributed by atoms with van der Waals surface area (Å²) in [5.74, 6) is 0.429. The van der Waals surface area contributed by atoms with Gasteiger partial charge in [0.1, 0.15) is 0 Å². The number of hydrogen-bond donors (Lipinski definition) is 1. The Morgan fingerprint density at radius 1 is 1.33 bits per heavy atom. The molecule has 1 aromatic carbocycles. The molecule has 1 aliphatic rings. The number of hydrogen-bond acceptors (Lipinski definition) is 1. The molecule has 0 aromatic heterocycles. The van der Waals surface area contributed by atoms with Crippen LogP contribution in [0.4, 0.5) is 0 Å². The molecule has 0 saturated carbocycles. The van der Waals surface area contributed by atoms with Crippen molar-refractivity contribution in [2.75, 3.05) is 6.54 Å². The summed E-state index contributed by atoms with van der Waals surface area (Å²) in [6, 6.07) is 5.48. The van der Waals surface area contributed by atoms with Gasteiger partial charge >= 0.3 is 0 Å². The van der Waals surface area contributed by atoms with E-state index >= 15 is 0 Å². The molecule has 0 radical (unpaired) electrons. The second-order valence-electron chi connectivity index (χ2n) is 3.78. The fraction of sp³-hybridized carbons (Fsp3) is 0.364. The van der Waals surface area contributed by atoms with Gasteiger partial charge in [0.2, 0.25) is 5.91 Å². The number of rotatable bonds is 2. The maximum Gasteiger partial charge on any atom is 0.220 e. The summed E-state index contributed by atoms with van der Waals surface area (Å²) >= 11 is 12.1. The molecule has 1 N–H and O–H groups in total. The molecule has 0 bridgehead atoms. The lowest BCUT2D eigenvalue weighted by molar-refractivity contribution is -0.119. The first-order valence-electron chi connectivity index (χ1n) is 4.86. The highest BCUT2D eigenvalue weighted by molar-refractivity contribution is 6.36. The van der Waals surface area contributed by atoms with Gasteiger partial charge in [-0.3, -0.25) is 4.79 Å². The SMILES string of the molecule is O=C1CC(Cc2c(Cl)cccc2Cl)CN1. The van der Waals surface area contributed by atoms with Crippen LogP contribution in [0.3, 0.4) is 0 Å². The molecular formula is C11H11Cl2NO. The van der Waals surface area contributed by atoms with Gasteiger partial charge in [-0.15, -0.1) is 0 Å². The van der Waals surface area contributed by atoms with Crippen molar-refractivity contribution in [1.29, 1.82) is 0 Å². The minimum atomic E-state index is 0.114. The molecule has 80 valence electrons. The zero-order valence-electron chi connectivity index (χ0n) is 8.09. The third-order valence-corrected chi connectivity index (χ3v) is 3.32. The van der Waals surface area contributed by atoms with Gasteiger partial charge in [0.15, 0.2) is 0 Å². The van der Waals surface area contributed by atoms with Gasteiger partial charge in [0.05, 0.1) is 0 Å². The van der Waals surface area contributed by atoms with Crippen molar-refractivity contribution in [3.8, 4) is 0 Å². The smallest absolute Gasteiger partial charge is 0.220 e. The Morgan fingerprint density at radius 2 is 2.00 bits per heavy atom. The van der Waals surface area contributed by atoms with E-state index in [0.29, 0.717) is 22.4 Å². The summed E-state index contributed by atoms with van der Waals surface area (Å²) in [5, 5.41) is 4.17. The Morgan fingerprint density at radius 3 is 2.53 bits per heavy atom. The van der Waals surface area contributed by atoms with Gasteiger partial charge in [0, 0.05) is 23.0 Å². The van der Waals surface area contributed by atoms with Crippen molar-refractivity contribution in [3.05, 3.63) is 33.8 Å². The van der Waals surface area contributed by atoms with E-state index in [9.17, 15) is 4.79 Å². The normalized spacial score (nSPS) is 20.4. The molecular weight excluding hydrogens is 233 g/mol. The Balaban J connectivity index is 2.13. The van der Waals surface area contributed by atoms with E-state index in [1.807, 2.05) is 18.2 Å². The second kappa shape index (κ2) is 4.42. The maximum absolute atomic E-state index is 11.0. The average Bonchev–Trinajstić information content (AvgIpc) is 2.58. The highest BCUT2D eigenvalue weighted by Crippen LogP contribution is 2.28. The molecule has 1 aliphatic heterocycles. The fourth-order valence-electron chi connectivity index (χ4n) is 1.83. The molecule has 1 heterocycles. The fourth-order valence-corrected chi connectivity index (χ4v) is 2.38. The summed E-state index contributed by atoms with van der Waals surface area (Å²) in [6.45, 7) is 0.723. The van der Waals surface area contributed by atoms with E-state index in [-0.39, 0.29) is 5.91 Å². The second-order valence-corrected chi connectivity index (χ2v) is 4.59. The lowest BCUT2D eigenvalue weighted by Gasteiger charge is -2.10. The first kappa shape index (κ1) is 10.8. The van der Waals surface area contributed by atoms with Gasteiger partial charge in [-0.05, 0) is 30.0 Å². The van der Waals surface area contributed by atoms with Crippen molar-refractivity contribution in [2.45, 2.75) is 12.8 Å².